The maximum Gasteiger partial charge on any atom is 0.409 e. The van der Waals surface area contributed by atoms with E-state index in [1.807, 2.05) is 0 Å². The van der Waals surface area contributed by atoms with E-state index in [2.05, 4.69) is 5.32 Å². The standard InChI is InChI=1S/C13H24N2O5/c1-3-20-12(17)14-11-7-10(5-4-6-16)8-15(9-11)13(18)19-2/h10-11,16H,3-9H2,1-2H3,(H,14,17). The Morgan fingerprint density at radius 1 is 1.40 bits per heavy atom. The highest BCUT2D eigenvalue weighted by Gasteiger charge is 2.31. The quantitative estimate of drug-likeness (QED) is 0.786. The van der Waals surface area contributed by atoms with Gasteiger partial charge in [-0.1, -0.05) is 0 Å². The zero-order valence-electron chi connectivity index (χ0n) is 12.1. The summed E-state index contributed by atoms with van der Waals surface area (Å²) in [6, 6.07) is -0.148. The van der Waals surface area contributed by atoms with Crippen LogP contribution in [0.1, 0.15) is 26.2 Å². The molecule has 1 heterocycles. The lowest BCUT2D eigenvalue weighted by Gasteiger charge is -2.37. The molecule has 116 valence electrons. The fourth-order valence-corrected chi connectivity index (χ4v) is 2.51. The number of carbonyl (C=O) groups is 2. The number of piperidine rings is 1. The summed E-state index contributed by atoms with van der Waals surface area (Å²) in [7, 11) is 1.34. The minimum atomic E-state index is -0.467. The number of nitrogens with zero attached hydrogens (tertiary/aromatic N) is 1. The normalized spacial score (nSPS) is 22.2. The van der Waals surface area contributed by atoms with Gasteiger partial charge in [0.15, 0.2) is 0 Å². The van der Waals surface area contributed by atoms with Gasteiger partial charge in [-0.15, -0.1) is 0 Å². The number of rotatable bonds is 5. The molecule has 0 saturated carbocycles. The Labute approximate surface area is 119 Å². The average molecular weight is 288 g/mol. The van der Waals surface area contributed by atoms with E-state index in [-0.39, 0.29) is 18.6 Å². The van der Waals surface area contributed by atoms with Crippen molar-refractivity contribution in [2.24, 2.45) is 5.92 Å². The smallest absolute Gasteiger partial charge is 0.409 e. The third-order valence-electron chi connectivity index (χ3n) is 3.34. The van der Waals surface area contributed by atoms with E-state index in [1.165, 1.54) is 7.11 Å². The molecule has 2 N–H and O–H groups in total. The van der Waals surface area contributed by atoms with Gasteiger partial charge >= 0.3 is 12.2 Å². The number of ether oxygens (including phenoxy) is 2. The van der Waals surface area contributed by atoms with Crippen molar-refractivity contribution in [2.75, 3.05) is 33.4 Å². The summed E-state index contributed by atoms with van der Waals surface area (Å²) in [6.07, 6.45) is 1.41. The van der Waals surface area contributed by atoms with E-state index in [0.717, 1.165) is 12.8 Å². The molecule has 0 aromatic heterocycles. The van der Waals surface area contributed by atoms with Crippen LogP contribution >= 0.6 is 0 Å². The topological polar surface area (TPSA) is 88.1 Å². The van der Waals surface area contributed by atoms with E-state index in [4.69, 9.17) is 14.6 Å². The Bertz CT molecular complexity index is 324. The van der Waals surface area contributed by atoms with E-state index in [9.17, 15) is 9.59 Å². The molecular weight excluding hydrogens is 264 g/mol. The molecule has 7 nitrogen and oxygen atoms in total. The first-order valence-electron chi connectivity index (χ1n) is 6.97. The van der Waals surface area contributed by atoms with Crippen molar-refractivity contribution in [3.8, 4) is 0 Å². The number of aliphatic hydroxyl groups is 1. The molecule has 1 aliphatic heterocycles. The van der Waals surface area contributed by atoms with Gasteiger partial charge in [-0.25, -0.2) is 9.59 Å². The van der Waals surface area contributed by atoms with Gasteiger partial charge in [-0.3, -0.25) is 0 Å². The fourth-order valence-electron chi connectivity index (χ4n) is 2.51. The minimum Gasteiger partial charge on any atom is -0.453 e. The van der Waals surface area contributed by atoms with E-state index in [0.29, 0.717) is 26.1 Å². The van der Waals surface area contributed by atoms with Crippen LogP contribution in [-0.4, -0.2) is 61.6 Å². The summed E-state index contributed by atoms with van der Waals surface area (Å²) in [5, 5.41) is 11.7. The molecule has 7 heteroatoms. The summed E-state index contributed by atoms with van der Waals surface area (Å²) in [4.78, 5) is 24.7. The summed E-state index contributed by atoms with van der Waals surface area (Å²) in [6.45, 7) is 3.19. The number of likely N-dealkylation sites (tertiary alicyclic amines) is 1. The monoisotopic (exact) mass is 288 g/mol. The Morgan fingerprint density at radius 3 is 2.75 bits per heavy atom. The second-order valence-electron chi connectivity index (χ2n) is 4.90. The third-order valence-corrected chi connectivity index (χ3v) is 3.34. The highest BCUT2D eigenvalue weighted by Crippen LogP contribution is 2.22. The van der Waals surface area contributed by atoms with Crippen LogP contribution in [0.15, 0.2) is 0 Å². The number of hydrogen-bond donors (Lipinski definition) is 2. The lowest BCUT2D eigenvalue weighted by molar-refractivity contribution is 0.0834. The SMILES string of the molecule is CCOC(=O)NC1CC(CCCO)CN(C(=O)OC)C1. The van der Waals surface area contributed by atoms with Crippen molar-refractivity contribution in [3.63, 3.8) is 0 Å². The van der Waals surface area contributed by atoms with Crippen LogP contribution in [0.4, 0.5) is 9.59 Å². The van der Waals surface area contributed by atoms with Gasteiger partial charge in [0.25, 0.3) is 0 Å². The Hall–Kier alpha value is -1.50. The number of amides is 2. The van der Waals surface area contributed by atoms with Crippen molar-refractivity contribution in [1.29, 1.82) is 0 Å². The van der Waals surface area contributed by atoms with Crippen LogP contribution in [0, 0.1) is 5.92 Å². The van der Waals surface area contributed by atoms with E-state index in [1.54, 1.807) is 11.8 Å². The van der Waals surface area contributed by atoms with Crippen molar-refractivity contribution < 1.29 is 24.2 Å². The maximum absolute atomic E-state index is 11.7. The van der Waals surface area contributed by atoms with Gasteiger partial charge < -0.3 is 24.8 Å². The van der Waals surface area contributed by atoms with Gasteiger partial charge in [0, 0.05) is 19.7 Å². The molecule has 20 heavy (non-hydrogen) atoms. The van der Waals surface area contributed by atoms with Crippen molar-refractivity contribution in [1.82, 2.24) is 10.2 Å². The molecule has 2 amide bonds. The van der Waals surface area contributed by atoms with Gasteiger partial charge in [0.2, 0.25) is 0 Å². The second-order valence-corrected chi connectivity index (χ2v) is 4.90. The molecule has 1 fully saturated rings. The van der Waals surface area contributed by atoms with Crippen LogP contribution < -0.4 is 5.32 Å². The van der Waals surface area contributed by atoms with E-state index >= 15 is 0 Å². The number of alkyl carbamates (subject to hydrolysis) is 1. The largest absolute Gasteiger partial charge is 0.453 e. The molecule has 1 saturated heterocycles. The van der Waals surface area contributed by atoms with Gasteiger partial charge in [0.1, 0.15) is 0 Å². The number of carbonyl (C=O) groups excluding carboxylic acids is 2. The Morgan fingerprint density at radius 2 is 2.15 bits per heavy atom. The molecule has 2 atom stereocenters. The molecular formula is C13H24N2O5. The third kappa shape index (κ3) is 5.24. The van der Waals surface area contributed by atoms with Gasteiger partial charge in [0.05, 0.1) is 19.8 Å². The number of hydrogen-bond acceptors (Lipinski definition) is 5. The van der Waals surface area contributed by atoms with E-state index < -0.39 is 12.2 Å². The first kappa shape index (κ1) is 16.6. The zero-order valence-corrected chi connectivity index (χ0v) is 12.1. The molecule has 0 radical (unpaired) electrons. The molecule has 0 aromatic rings. The Balaban J connectivity index is 2.58. The molecule has 0 spiro atoms. The zero-order chi connectivity index (χ0) is 15.0. The maximum atomic E-state index is 11.7. The molecule has 1 rings (SSSR count). The predicted molar refractivity (Wildman–Crippen MR) is 72.4 cm³/mol. The molecule has 0 aliphatic carbocycles. The summed E-state index contributed by atoms with van der Waals surface area (Å²) in [5.41, 5.74) is 0. The Kier molecular flexibility index (Phi) is 7.14. The van der Waals surface area contributed by atoms with Gasteiger partial charge in [-0.05, 0) is 32.1 Å². The van der Waals surface area contributed by atoms with Crippen LogP contribution in [-0.2, 0) is 9.47 Å². The molecule has 0 bridgehead atoms. The summed E-state index contributed by atoms with van der Waals surface area (Å²) >= 11 is 0. The lowest BCUT2D eigenvalue weighted by Crippen LogP contribution is -2.52. The van der Waals surface area contributed by atoms with Crippen LogP contribution in [0.3, 0.4) is 0 Å². The van der Waals surface area contributed by atoms with Crippen molar-refractivity contribution >= 4 is 12.2 Å². The van der Waals surface area contributed by atoms with Crippen molar-refractivity contribution in [3.05, 3.63) is 0 Å². The molecule has 1 aliphatic rings. The molecule has 0 aromatic carbocycles. The first-order chi connectivity index (χ1) is 9.60. The van der Waals surface area contributed by atoms with Crippen molar-refractivity contribution in [2.45, 2.75) is 32.2 Å². The second kappa shape index (κ2) is 8.63. The fraction of sp³-hybridized carbons (Fsp3) is 0.846. The summed E-state index contributed by atoms with van der Waals surface area (Å²) in [5.74, 6) is 0.238. The first-order valence-corrected chi connectivity index (χ1v) is 6.97. The van der Waals surface area contributed by atoms with Crippen LogP contribution in [0.5, 0.6) is 0 Å². The van der Waals surface area contributed by atoms with Gasteiger partial charge in [-0.2, -0.15) is 0 Å². The number of methoxy groups -OCH3 is 1. The predicted octanol–water partition coefficient (Wildman–Crippen LogP) is 0.962. The minimum absolute atomic E-state index is 0.130. The summed E-state index contributed by atoms with van der Waals surface area (Å²) < 4.78 is 9.60. The van der Waals surface area contributed by atoms with Crippen LogP contribution in [0.25, 0.3) is 0 Å². The highest BCUT2D eigenvalue weighted by molar-refractivity contribution is 5.69. The molecule has 2 unspecified atom stereocenters. The highest BCUT2D eigenvalue weighted by atomic mass is 16.5. The number of aliphatic hydroxyl groups excluding tert-OH is 1. The lowest BCUT2D eigenvalue weighted by atomic mass is 9.90. The average Bonchev–Trinajstić information content (AvgIpc) is 2.44. The number of nitrogens with one attached hydrogen (secondary N) is 1. The van der Waals surface area contributed by atoms with Crippen LogP contribution in [0.2, 0.25) is 0 Å².